The topological polar surface area (TPSA) is 68.3 Å². The third-order valence-electron chi connectivity index (χ3n) is 2.72. The summed E-state index contributed by atoms with van der Waals surface area (Å²) in [4.78, 5) is 0. The second-order valence-electron chi connectivity index (χ2n) is 3.29. The second kappa shape index (κ2) is 5.66. The van der Waals surface area contributed by atoms with Gasteiger partial charge in [-0.3, -0.25) is 0 Å². The van der Waals surface area contributed by atoms with Gasteiger partial charge >= 0.3 is 0 Å². The maximum Gasteiger partial charge on any atom is 0.170 e. The fourth-order valence-corrected chi connectivity index (χ4v) is 5.60. The molecule has 1 radical (unpaired) electrons. The van der Waals surface area contributed by atoms with Crippen molar-refractivity contribution in [2.24, 2.45) is 0 Å². The number of hydrogen-bond acceptors (Lipinski definition) is 4. The van der Waals surface area contributed by atoms with Crippen LogP contribution in [0.5, 0.6) is 0 Å². The zero-order valence-electron chi connectivity index (χ0n) is 9.37. The fourth-order valence-electron chi connectivity index (χ4n) is 1.24. The van der Waals surface area contributed by atoms with Crippen molar-refractivity contribution in [3.05, 3.63) is 0 Å². The Morgan fingerprint density at radius 2 is 1.13 bits per heavy atom. The van der Waals surface area contributed by atoms with Gasteiger partial charge in [0.15, 0.2) is 23.8 Å². The Kier molecular flexibility index (Phi) is 6.72. The van der Waals surface area contributed by atoms with E-state index in [0.29, 0.717) is 0 Å². The molecule has 97 valence electrons. The summed E-state index contributed by atoms with van der Waals surface area (Å²) in [6, 6.07) is 0. The van der Waals surface area contributed by atoms with Crippen LogP contribution >= 0.6 is 0 Å². The standard InChI is InChI=1S/C8H18O4S2.Cu/c1-5-8(4,13(9,10)6-2)14(11,12)7-3;/h5-7H2,1-4H3;. The smallest absolute Gasteiger partial charge is 0.170 e. The van der Waals surface area contributed by atoms with Crippen LogP contribution in [-0.4, -0.2) is 32.4 Å². The molecule has 7 heteroatoms. The molecule has 0 aliphatic carbocycles. The van der Waals surface area contributed by atoms with Crippen molar-refractivity contribution in [3.8, 4) is 0 Å². The number of hydrogen-bond donors (Lipinski definition) is 0. The largest absolute Gasteiger partial charge is 0.227 e. The SMILES string of the molecule is CCC(C)(S(=O)(=O)CC)S(=O)(=O)CC.[Cu]. The van der Waals surface area contributed by atoms with Crippen LogP contribution in [0.2, 0.25) is 0 Å². The van der Waals surface area contributed by atoms with Crippen LogP contribution < -0.4 is 0 Å². The molecule has 0 fully saturated rings. The van der Waals surface area contributed by atoms with E-state index < -0.39 is 23.8 Å². The van der Waals surface area contributed by atoms with Crippen LogP contribution in [0.3, 0.4) is 0 Å². The Morgan fingerprint density at radius 1 is 0.867 bits per heavy atom. The molecule has 0 aliphatic rings. The summed E-state index contributed by atoms with van der Waals surface area (Å²) in [5.41, 5.74) is 0. The minimum absolute atomic E-state index is 0. The average molecular weight is 306 g/mol. The molecule has 0 saturated heterocycles. The molecular formula is C8H18CuO4S2. The van der Waals surface area contributed by atoms with Crippen LogP contribution in [-0.2, 0) is 36.7 Å². The Morgan fingerprint density at radius 3 is 1.27 bits per heavy atom. The molecule has 0 amide bonds. The molecule has 0 atom stereocenters. The van der Waals surface area contributed by atoms with E-state index in [4.69, 9.17) is 0 Å². The summed E-state index contributed by atoms with van der Waals surface area (Å²) >= 11 is 0. The molecule has 15 heavy (non-hydrogen) atoms. The zero-order chi connectivity index (χ0) is 11.6. The summed E-state index contributed by atoms with van der Waals surface area (Å²) in [5, 5.41) is 0. The van der Waals surface area contributed by atoms with Crippen LogP contribution in [0.15, 0.2) is 0 Å². The molecule has 0 bridgehead atoms. The second-order valence-corrected chi connectivity index (χ2v) is 8.97. The van der Waals surface area contributed by atoms with Gasteiger partial charge in [-0.15, -0.1) is 0 Å². The van der Waals surface area contributed by atoms with Gasteiger partial charge in [0.2, 0.25) is 0 Å². The molecule has 0 aromatic heterocycles. The molecule has 0 aliphatic heterocycles. The Balaban J connectivity index is 0. The quantitative estimate of drug-likeness (QED) is 0.710. The van der Waals surface area contributed by atoms with E-state index in [1.54, 1.807) is 6.92 Å². The summed E-state index contributed by atoms with van der Waals surface area (Å²) in [7, 11) is -7.14. The van der Waals surface area contributed by atoms with Crippen LogP contribution in [0.4, 0.5) is 0 Å². The molecule has 0 spiro atoms. The first-order valence-electron chi connectivity index (χ1n) is 4.63. The molecule has 0 unspecified atom stereocenters. The van der Waals surface area contributed by atoms with Crippen molar-refractivity contribution in [2.75, 3.05) is 11.5 Å². The fraction of sp³-hybridized carbons (Fsp3) is 1.00. The van der Waals surface area contributed by atoms with Crippen molar-refractivity contribution < 1.29 is 33.9 Å². The predicted octanol–water partition coefficient (Wildman–Crippen LogP) is 0.980. The van der Waals surface area contributed by atoms with E-state index in [9.17, 15) is 16.8 Å². The van der Waals surface area contributed by atoms with Gasteiger partial charge in [-0.05, 0) is 13.3 Å². The van der Waals surface area contributed by atoms with Gasteiger partial charge in [-0.2, -0.15) is 0 Å². The molecule has 0 aromatic carbocycles. The summed E-state index contributed by atoms with van der Waals surface area (Å²) in [5.74, 6) is -0.285. The third kappa shape index (κ3) is 2.96. The Labute approximate surface area is 103 Å². The molecule has 0 N–H and O–H groups in total. The minimum atomic E-state index is -3.57. The first-order chi connectivity index (χ1) is 6.18. The minimum Gasteiger partial charge on any atom is -0.227 e. The zero-order valence-corrected chi connectivity index (χ0v) is 11.9. The third-order valence-corrected chi connectivity index (χ3v) is 8.97. The van der Waals surface area contributed by atoms with Gasteiger partial charge in [0, 0.05) is 28.6 Å². The number of sulfone groups is 2. The van der Waals surface area contributed by atoms with Gasteiger partial charge in [0.25, 0.3) is 0 Å². The van der Waals surface area contributed by atoms with Crippen LogP contribution in [0.1, 0.15) is 34.1 Å². The Bertz CT molecular complexity index is 349. The maximum absolute atomic E-state index is 11.7. The predicted molar refractivity (Wildman–Crippen MR) is 57.6 cm³/mol. The monoisotopic (exact) mass is 305 g/mol. The number of rotatable bonds is 5. The summed E-state index contributed by atoms with van der Waals surface area (Å²) < 4.78 is 45.1. The summed E-state index contributed by atoms with van der Waals surface area (Å²) in [6.07, 6.45) is 0.0966. The van der Waals surface area contributed by atoms with Crippen molar-refractivity contribution in [3.63, 3.8) is 0 Å². The van der Waals surface area contributed by atoms with E-state index in [-0.39, 0.29) is 35.0 Å². The molecule has 0 saturated carbocycles. The van der Waals surface area contributed by atoms with Gasteiger partial charge in [-0.25, -0.2) is 16.8 Å². The van der Waals surface area contributed by atoms with E-state index in [1.165, 1.54) is 20.8 Å². The van der Waals surface area contributed by atoms with Crippen molar-refractivity contribution in [1.29, 1.82) is 0 Å². The molecule has 0 rings (SSSR count). The Hall–Kier alpha value is 0.419. The van der Waals surface area contributed by atoms with Crippen molar-refractivity contribution in [2.45, 2.75) is 38.2 Å². The summed E-state index contributed by atoms with van der Waals surface area (Å²) in [6.45, 7) is 5.81. The van der Waals surface area contributed by atoms with Crippen molar-refractivity contribution >= 4 is 19.7 Å². The normalized spacial score (nSPS) is 13.3. The first kappa shape index (κ1) is 17.8. The molecule has 4 nitrogen and oxygen atoms in total. The van der Waals surface area contributed by atoms with Crippen molar-refractivity contribution in [1.82, 2.24) is 0 Å². The van der Waals surface area contributed by atoms with Gasteiger partial charge in [-0.1, -0.05) is 20.8 Å². The molecular weight excluding hydrogens is 288 g/mol. The van der Waals surface area contributed by atoms with E-state index >= 15 is 0 Å². The van der Waals surface area contributed by atoms with E-state index in [0.717, 1.165) is 0 Å². The van der Waals surface area contributed by atoms with E-state index in [1.807, 2.05) is 0 Å². The van der Waals surface area contributed by atoms with Gasteiger partial charge in [0.05, 0.1) is 0 Å². The van der Waals surface area contributed by atoms with Gasteiger partial charge < -0.3 is 0 Å². The van der Waals surface area contributed by atoms with Crippen LogP contribution in [0.25, 0.3) is 0 Å². The average Bonchev–Trinajstić information content (AvgIpc) is 2.15. The maximum atomic E-state index is 11.7. The van der Waals surface area contributed by atoms with Crippen LogP contribution in [0, 0.1) is 0 Å². The first-order valence-corrected chi connectivity index (χ1v) is 7.93. The van der Waals surface area contributed by atoms with E-state index in [2.05, 4.69) is 0 Å². The van der Waals surface area contributed by atoms with Gasteiger partial charge in [0.1, 0.15) is 0 Å². The molecule has 0 heterocycles. The molecule has 0 aromatic rings.